The van der Waals surface area contributed by atoms with E-state index in [0.29, 0.717) is 5.82 Å². The van der Waals surface area contributed by atoms with E-state index in [0.717, 1.165) is 31.6 Å². The molecule has 0 saturated carbocycles. The van der Waals surface area contributed by atoms with Crippen LogP contribution in [0.1, 0.15) is 33.6 Å². The van der Waals surface area contributed by atoms with Gasteiger partial charge in [0.25, 0.3) is 0 Å². The van der Waals surface area contributed by atoms with E-state index in [1.165, 1.54) is 0 Å². The van der Waals surface area contributed by atoms with Gasteiger partial charge in [0.15, 0.2) is 0 Å². The molecule has 1 aliphatic rings. The molecule has 2 N–H and O–H groups in total. The number of nitrogen functional groups attached to an aromatic ring is 1. The average molecular weight is 306 g/mol. The molecule has 1 aromatic rings. The number of likely N-dealkylation sites (N-methyl/N-ethyl adjacent to an activating group) is 1. The molecule has 1 aliphatic heterocycles. The molecule has 2 heterocycles. The topological polar surface area (TPSA) is 71.7 Å². The zero-order chi connectivity index (χ0) is 16.3. The number of ether oxygens (including phenoxy) is 1. The Hall–Kier alpha value is -1.98. The van der Waals surface area contributed by atoms with Crippen LogP contribution in [0.3, 0.4) is 0 Å². The molecule has 6 heteroatoms. The smallest absolute Gasteiger partial charge is 0.410 e. The number of aromatic nitrogens is 1. The van der Waals surface area contributed by atoms with Gasteiger partial charge in [-0.15, -0.1) is 0 Å². The maximum absolute atomic E-state index is 12.2. The Bertz CT molecular complexity index is 510. The first-order chi connectivity index (χ1) is 10.3. The summed E-state index contributed by atoms with van der Waals surface area (Å²) in [4.78, 5) is 20.3. The number of anilines is 2. The van der Waals surface area contributed by atoms with Crippen molar-refractivity contribution >= 4 is 17.6 Å². The van der Waals surface area contributed by atoms with Crippen molar-refractivity contribution in [2.45, 2.75) is 45.3 Å². The lowest BCUT2D eigenvalue weighted by Crippen LogP contribution is -2.49. The highest BCUT2D eigenvalue weighted by Crippen LogP contribution is 2.23. The minimum atomic E-state index is -0.472. The van der Waals surface area contributed by atoms with Gasteiger partial charge in [-0.3, -0.25) is 0 Å². The fraction of sp³-hybridized carbons (Fsp3) is 0.625. The second-order valence-corrected chi connectivity index (χ2v) is 6.77. The van der Waals surface area contributed by atoms with Gasteiger partial charge in [-0.2, -0.15) is 0 Å². The summed E-state index contributed by atoms with van der Waals surface area (Å²) < 4.78 is 5.45. The fourth-order valence-corrected chi connectivity index (χ4v) is 2.57. The van der Waals surface area contributed by atoms with Crippen molar-refractivity contribution in [3.63, 3.8) is 0 Å². The highest BCUT2D eigenvalue weighted by atomic mass is 16.6. The van der Waals surface area contributed by atoms with Crippen molar-refractivity contribution in [2.75, 3.05) is 30.8 Å². The van der Waals surface area contributed by atoms with Gasteiger partial charge in [-0.05, 0) is 45.7 Å². The summed E-state index contributed by atoms with van der Waals surface area (Å²) in [6.07, 6.45) is 3.52. The lowest BCUT2D eigenvalue weighted by Gasteiger charge is -2.39. The van der Waals surface area contributed by atoms with Crippen LogP contribution >= 0.6 is 0 Å². The SMILES string of the molecule is CN(C(=O)OC(C)(C)C)[C@@H]1CCCN(c2ccc(N)nc2)C1. The van der Waals surface area contributed by atoms with E-state index in [2.05, 4.69) is 9.88 Å². The zero-order valence-corrected chi connectivity index (χ0v) is 13.9. The molecule has 122 valence electrons. The van der Waals surface area contributed by atoms with Crippen molar-refractivity contribution < 1.29 is 9.53 Å². The first-order valence-electron chi connectivity index (χ1n) is 7.68. The monoisotopic (exact) mass is 306 g/mol. The molecule has 6 nitrogen and oxygen atoms in total. The minimum Gasteiger partial charge on any atom is -0.444 e. The third kappa shape index (κ3) is 4.26. The van der Waals surface area contributed by atoms with Gasteiger partial charge in [0.05, 0.1) is 17.9 Å². The Balaban J connectivity index is 2.00. The Morgan fingerprint density at radius 2 is 2.18 bits per heavy atom. The largest absolute Gasteiger partial charge is 0.444 e. The molecule has 0 radical (unpaired) electrons. The standard InChI is InChI=1S/C16H26N4O2/c1-16(2,3)22-15(21)19(4)13-6-5-9-20(11-13)12-7-8-14(17)18-10-12/h7-8,10,13H,5-6,9,11H2,1-4H3,(H2,17,18)/t13-/m1/s1. The summed E-state index contributed by atoms with van der Waals surface area (Å²) >= 11 is 0. The number of amides is 1. The zero-order valence-electron chi connectivity index (χ0n) is 13.9. The molecular formula is C16H26N4O2. The van der Waals surface area contributed by atoms with Crippen molar-refractivity contribution in [3.05, 3.63) is 18.3 Å². The third-order valence-electron chi connectivity index (χ3n) is 3.76. The summed E-state index contributed by atoms with van der Waals surface area (Å²) in [5.41, 5.74) is 6.20. The number of carbonyl (C=O) groups is 1. The second kappa shape index (κ2) is 6.42. The molecule has 1 aromatic heterocycles. The molecule has 2 rings (SSSR count). The number of pyridine rings is 1. The fourth-order valence-electron chi connectivity index (χ4n) is 2.57. The number of piperidine rings is 1. The Labute approximate surface area is 132 Å². The van der Waals surface area contributed by atoms with Crippen LogP contribution in [0.5, 0.6) is 0 Å². The van der Waals surface area contributed by atoms with E-state index >= 15 is 0 Å². The van der Waals surface area contributed by atoms with Crippen LogP contribution < -0.4 is 10.6 Å². The van der Waals surface area contributed by atoms with Crippen molar-refractivity contribution in [3.8, 4) is 0 Å². The van der Waals surface area contributed by atoms with E-state index in [4.69, 9.17) is 10.5 Å². The molecular weight excluding hydrogens is 280 g/mol. The number of nitrogens with two attached hydrogens (primary N) is 1. The van der Waals surface area contributed by atoms with Crippen LogP contribution in [0, 0.1) is 0 Å². The van der Waals surface area contributed by atoms with E-state index < -0.39 is 5.60 Å². The maximum Gasteiger partial charge on any atom is 0.410 e. The van der Waals surface area contributed by atoms with Gasteiger partial charge in [-0.25, -0.2) is 9.78 Å². The van der Waals surface area contributed by atoms with Crippen LogP contribution in [0.25, 0.3) is 0 Å². The van der Waals surface area contributed by atoms with E-state index in [1.54, 1.807) is 17.2 Å². The van der Waals surface area contributed by atoms with E-state index in [1.807, 2.05) is 33.9 Å². The van der Waals surface area contributed by atoms with E-state index in [9.17, 15) is 4.79 Å². The summed E-state index contributed by atoms with van der Waals surface area (Å²) in [6, 6.07) is 3.91. The number of hydrogen-bond donors (Lipinski definition) is 1. The second-order valence-electron chi connectivity index (χ2n) is 6.77. The number of rotatable bonds is 2. The van der Waals surface area contributed by atoms with E-state index in [-0.39, 0.29) is 12.1 Å². The molecule has 1 atom stereocenters. The normalized spacial score (nSPS) is 18.9. The maximum atomic E-state index is 12.2. The average Bonchev–Trinajstić information content (AvgIpc) is 2.45. The highest BCUT2D eigenvalue weighted by Gasteiger charge is 2.29. The molecule has 0 bridgehead atoms. The van der Waals surface area contributed by atoms with Crippen LogP contribution in [0.2, 0.25) is 0 Å². The van der Waals surface area contributed by atoms with Crippen LogP contribution in [-0.2, 0) is 4.74 Å². The first-order valence-corrected chi connectivity index (χ1v) is 7.68. The third-order valence-corrected chi connectivity index (χ3v) is 3.76. The summed E-state index contributed by atoms with van der Waals surface area (Å²) in [5.74, 6) is 0.517. The molecule has 22 heavy (non-hydrogen) atoms. The van der Waals surface area contributed by atoms with Gasteiger partial charge in [0.2, 0.25) is 0 Å². The van der Waals surface area contributed by atoms with Gasteiger partial charge in [0.1, 0.15) is 11.4 Å². The number of carbonyl (C=O) groups excluding carboxylic acids is 1. The van der Waals surface area contributed by atoms with Crippen LogP contribution in [0.15, 0.2) is 18.3 Å². The number of nitrogens with zero attached hydrogens (tertiary/aromatic N) is 3. The quantitative estimate of drug-likeness (QED) is 0.909. The molecule has 1 amide bonds. The van der Waals surface area contributed by atoms with Crippen LogP contribution in [0.4, 0.5) is 16.3 Å². The Kier molecular flexibility index (Phi) is 4.78. The molecule has 0 unspecified atom stereocenters. The lowest BCUT2D eigenvalue weighted by atomic mass is 10.0. The minimum absolute atomic E-state index is 0.140. The molecule has 0 spiro atoms. The summed E-state index contributed by atoms with van der Waals surface area (Å²) in [6.45, 7) is 7.38. The number of hydrogen-bond acceptors (Lipinski definition) is 5. The predicted octanol–water partition coefficient (Wildman–Crippen LogP) is 2.50. The van der Waals surface area contributed by atoms with Gasteiger partial charge < -0.3 is 20.3 Å². The van der Waals surface area contributed by atoms with Gasteiger partial charge in [0, 0.05) is 20.1 Å². The molecule has 1 fully saturated rings. The summed E-state index contributed by atoms with van der Waals surface area (Å²) in [7, 11) is 1.81. The Morgan fingerprint density at radius 1 is 1.45 bits per heavy atom. The molecule has 0 aliphatic carbocycles. The van der Waals surface area contributed by atoms with Crippen molar-refractivity contribution in [1.82, 2.24) is 9.88 Å². The van der Waals surface area contributed by atoms with Crippen LogP contribution in [-0.4, -0.2) is 47.8 Å². The first kappa shape index (κ1) is 16.4. The summed E-state index contributed by atoms with van der Waals surface area (Å²) in [5, 5.41) is 0. The van der Waals surface area contributed by atoms with Gasteiger partial charge >= 0.3 is 6.09 Å². The Morgan fingerprint density at radius 3 is 2.77 bits per heavy atom. The lowest BCUT2D eigenvalue weighted by molar-refractivity contribution is 0.0210. The predicted molar refractivity (Wildman–Crippen MR) is 87.9 cm³/mol. The van der Waals surface area contributed by atoms with Crippen molar-refractivity contribution in [1.29, 1.82) is 0 Å². The van der Waals surface area contributed by atoms with Gasteiger partial charge in [-0.1, -0.05) is 0 Å². The molecule has 1 saturated heterocycles. The highest BCUT2D eigenvalue weighted by molar-refractivity contribution is 5.68. The van der Waals surface area contributed by atoms with Crippen molar-refractivity contribution in [2.24, 2.45) is 0 Å². The molecule has 0 aromatic carbocycles.